The second-order valence-electron chi connectivity index (χ2n) is 12.0. The number of amides is 2. The summed E-state index contributed by atoms with van der Waals surface area (Å²) in [6, 6.07) is 28.0. The average molecular weight is 612 g/mol. The Bertz CT molecular complexity index is 1650. The molecule has 0 aromatic heterocycles. The molecule has 0 bridgehead atoms. The van der Waals surface area contributed by atoms with E-state index in [1.165, 1.54) is 12.1 Å². The van der Waals surface area contributed by atoms with Crippen LogP contribution in [0.3, 0.4) is 0 Å². The summed E-state index contributed by atoms with van der Waals surface area (Å²) in [6.45, 7) is 2.59. The first-order chi connectivity index (χ1) is 21.7. The van der Waals surface area contributed by atoms with Gasteiger partial charge in [0.1, 0.15) is 0 Å². The third-order valence-electron chi connectivity index (χ3n) is 9.38. The molecule has 5 nitrogen and oxygen atoms in total. The molecular weight excluding hydrogens is 575 g/mol. The summed E-state index contributed by atoms with van der Waals surface area (Å²) < 4.78 is 39.1. The number of unbranched alkanes of at least 4 members (excludes halogenated alkanes) is 1. The summed E-state index contributed by atoms with van der Waals surface area (Å²) in [7, 11) is 0. The highest BCUT2D eigenvalue weighted by Crippen LogP contribution is 2.51. The lowest BCUT2D eigenvalue weighted by Gasteiger charge is -2.33. The van der Waals surface area contributed by atoms with Crippen LogP contribution in [0, 0.1) is 0 Å². The molecule has 45 heavy (non-hydrogen) atoms. The number of carbonyl (C=O) groups excluding carboxylic acids is 2. The minimum Gasteiger partial charge on any atom is -0.369 e. The second kappa shape index (κ2) is 12.5. The Hall–Kier alpha value is -4.43. The topological polar surface area (TPSA) is 75.4 Å². The highest BCUT2D eigenvalue weighted by Gasteiger charge is 2.47. The molecule has 6 rings (SSSR count). The number of halogens is 3. The first kappa shape index (κ1) is 30.6. The van der Waals surface area contributed by atoms with Gasteiger partial charge in [0.05, 0.1) is 11.0 Å². The van der Waals surface area contributed by atoms with Gasteiger partial charge in [-0.25, -0.2) is 0 Å². The molecule has 0 atom stereocenters. The molecule has 4 aromatic carbocycles. The van der Waals surface area contributed by atoms with E-state index < -0.39 is 17.2 Å². The Morgan fingerprint density at radius 2 is 1.33 bits per heavy atom. The zero-order chi connectivity index (χ0) is 31.6. The predicted molar refractivity (Wildman–Crippen MR) is 170 cm³/mol. The molecule has 4 aromatic rings. The smallest absolute Gasteiger partial charge is 0.369 e. The zero-order valence-corrected chi connectivity index (χ0v) is 24.9. The molecule has 2 amide bonds. The molecule has 0 spiro atoms. The van der Waals surface area contributed by atoms with Crippen LogP contribution in [0.15, 0.2) is 97.1 Å². The number of hydrogen-bond acceptors (Lipinski definition) is 3. The van der Waals surface area contributed by atoms with Crippen molar-refractivity contribution in [3.05, 3.63) is 119 Å². The first-order valence-electron chi connectivity index (χ1n) is 15.5. The molecule has 1 aliphatic heterocycles. The molecule has 8 heteroatoms. The van der Waals surface area contributed by atoms with Crippen molar-refractivity contribution in [2.24, 2.45) is 5.73 Å². The largest absolute Gasteiger partial charge is 0.416 e. The van der Waals surface area contributed by atoms with Crippen LogP contribution >= 0.6 is 0 Å². The minimum absolute atomic E-state index is 0.0130. The Labute approximate surface area is 261 Å². The van der Waals surface area contributed by atoms with Gasteiger partial charge in [0.15, 0.2) is 0 Å². The second-order valence-corrected chi connectivity index (χ2v) is 12.0. The number of fused-ring (bicyclic) bond motifs is 3. The molecule has 232 valence electrons. The number of nitrogens with zero attached hydrogens (tertiary/aromatic N) is 1. The Balaban J connectivity index is 1.02. The number of benzene rings is 4. The molecule has 0 saturated carbocycles. The monoisotopic (exact) mass is 611 g/mol. The van der Waals surface area contributed by atoms with Crippen LogP contribution in [-0.4, -0.2) is 42.4 Å². The van der Waals surface area contributed by atoms with Crippen molar-refractivity contribution in [1.82, 2.24) is 10.2 Å². The van der Waals surface area contributed by atoms with Crippen molar-refractivity contribution >= 4 is 11.8 Å². The number of nitrogens with two attached hydrogens (primary N) is 1. The van der Waals surface area contributed by atoms with E-state index >= 15 is 0 Å². The quantitative estimate of drug-likeness (QED) is 0.197. The lowest BCUT2D eigenvalue weighted by Crippen LogP contribution is -2.45. The van der Waals surface area contributed by atoms with Crippen molar-refractivity contribution in [2.75, 3.05) is 19.6 Å². The van der Waals surface area contributed by atoms with Crippen LogP contribution < -0.4 is 11.1 Å². The third-order valence-corrected chi connectivity index (χ3v) is 9.38. The summed E-state index contributed by atoms with van der Waals surface area (Å²) in [5, 5.41) is 3.15. The maximum Gasteiger partial charge on any atom is 0.416 e. The minimum atomic E-state index is -4.41. The van der Waals surface area contributed by atoms with Crippen LogP contribution in [0.5, 0.6) is 0 Å². The summed E-state index contributed by atoms with van der Waals surface area (Å²) in [5.41, 5.74) is 10.3. The van der Waals surface area contributed by atoms with Crippen molar-refractivity contribution in [3.63, 3.8) is 0 Å². The highest BCUT2D eigenvalue weighted by atomic mass is 19.4. The summed E-state index contributed by atoms with van der Waals surface area (Å²) in [4.78, 5) is 28.7. The third kappa shape index (κ3) is 5.99. The van der Waals surface area contributed by atoms with Gasteiger partial charge in [-0.05, 0) is 83.8 Å². The van der Waals surface area contributed by atoms with Gasteiger partial charge in [-0.2, -0.15) is 13.2 Å². The number of alkyl halides is 3. The van der Waals surface area contributed by atoms with Gasteiger partial charge in [-0.1, -0.05) is 85.3 Å². The fraction of sp³-hybridized carbons (Fsp3) is 0.297. The van der Waals surface area contributed by atoms with Gasteiger partial charge in [-0.3, -0.25) is 9.59 Å². The summed E-state index contributed by atoms with van der Waals surface area (Å²) >= 11 is 0. The molecule has 0 radical (unpaired) electrons. The fourth-order valence-electron chi connectivity index (χ4n) is 7.04. The molecule has 1 fully saturated rings. The molecule has 1 aliphatic carbocycles. The molecule has 3 N–H and O–H groups in total. The number of carbonyl (C=O) groups is 2. The Morgan fingerprint density at radius 3 is 1.91 bits per heavy atom. The molecule has 0 unspecified atom stereocenters. The lowest BCUT2D eigenvalue weighted by molar-refractivity contribution is -0.137. The predicted octanol–water partition coefficient (Wildman–Crippen LogP) is 7.19. The number of primary amides is 1. The molecular formula is C37H36F3N3O2. The fourth-order valence-corrected chi connectivity index (χ4v) is 7.04. The van der Waals surface area contributed by atoms with Crippen molar-refractivity contribution in [1.29, 1.82) is 0 Å². The van der Waals surface area contributed by atoms with E-state index in [1.54, 1.807) is 24.3 Å². The summed E-state index contributed by atoms with van der Waals surface area (Å²) in [6.07, 6.45) is -0.369. The SMILES string of the molecule is NC(=O)C1(CCCCN2CCC(NC(=O)c3ccccc3-c3ccc(C(F)(F)F)cc3)CC2)c2ccccc2-c2ccccc21. The number of rotatable bonds is 9. The van der Waals surface area contributed by atoms with E-state index in [2.05, 4.69) is 22.3 Å². The van der Waals surface area contributed by atoms with E-state index in [1.807, 2.05) is 36.4 Å². The van der Waals surface area contributed by atoms with Gasteiger partial charge < -0.3 is 16.0 Å². The molecule has 1 saturated heterocycles. The van der Waals surface area contributed by atoms with Crippen LogP contribution in [-0.2, 0) is 16.4 Å². The van der Waals surface area contributed by atoms with Crippen LogP contribution in [0.1, 0.15) is 59.2 Å². The zero-order valence-electron chi connectivity index (χ0n) is 24.9. The van der Waals surface area contributed by atoms with Gasteiger partial charge in [0.25, 0.3) is 5.91 Å². The van der Waals surface area contributed by atoms with Crippen LogP contribution in [0.25, 0.3) is 22.3 Å². The summed E-state index contributed by atoms with van der Waals surface area (Å²) in [5.74, 6) is -0.533. The maximum absolute atomic E-state index is 13.3. The number of hydrogen-bond donors (Lipinski definition) is 2. The normalized spacial score (nSPS) is 16.2. The van der Waals surface area contributed by atoms with E-state index in [-0.39, 0.29) is 17.9 Å². The first-order valence-corrected chi connectivity index (χ1v) is 15.5. The number of piperidine rings is 1. The van der Waals surface area contributed by atoms with Gasteiger partial charge in [0, 0.05) is 24.7 Å². The number of nitrogens with one attached hydrogen (secondary N) is 1. The number of likely N-dealkylation sites (tertiary alicyclic amines) is 1. The van der Waals surface area contributed by atoms with Crippen molar-refractivity contribution < 1.29 is 22.8 Å². The Morgan fingerprint density at radius 1 is 0.778 bits per heavy atom. The highest BCUT2D eigenvalue weighted by molar-refractivity contribution is 6.01. The van der Waals surface area contributed by atoms with Crippen molar-refractivity contribution in [3.8, 4) is 22.3 Å². The van der Waals surface area contributed by atoms with E-state index in [4.69, 9.17) is 5.73 Å². The van der Waals surface area contributed by atoms with Gasteiger partial charge in [0.2, 0.25) is 5.91 Å². The van der Waals surface area contributed by atoms with E-state index in [0.29, 0.717) is 23.1 Å². The van der Waals surface area contributed by atoms with Crippen LogP contribution in [0.4, 0.5) is 13.2 Å². The van der Waals surface area contributed by atoms with E-state index in [9.17, 15) is 22.8 Å². The molecule has 1 heterocycles. The Kier molecular flexibility index (Phi) is 8.51. The standard InChI is InChI=1S/C37H36F3N3O2/c38-37(39,40)26-17-15-25(16-18-26)28-9-1-2-12-31(28)34(44)42-27-19-23-43(24-20-27)22-8-7-21-36(35(41)45)32-13-5-3-10-29(32)30-11-4-6-14-33(30)36/h1-6,9-18,27H,7-8,19-24H2,(H2,41,45)(H,42,44). The van der Waals surface area contributed by atoms with Crippen molar-refractivity contribution in [2.45, 2.75) is 49.7 Å². The van der Waals surface area contributed by atoms with Gasteiger partial charge in [-0.15, -0.1) is 0 Å². The van der Waals surface area contributed by atoms with Gasteiger partial charge >= 0.3 is 6.18 Å². The lowest BCUT2D eigenvalue weighted by atomic mass is 9.73. The molecule has 2 aliphatic rings. The average Bonchev–Trinajstić information content (AvgIpc) is 3.34. The van der Waals surface area contributed by atoms with E-state index in [0.717, 1.165) is 79.7 Å². The maximum atomic E-state index is 13.3. The van der Waals surface area contributed by atoms with Crippen LogP contribution in [0.2, 0.25) is 0 Å².